The molecule has 1 aromatic carbocycles. The summed E-state index contributed by atoms with van der Waals surface area (Å²) >= 11 is 19.4. The second-order valence-electron chi connectivity index (χ2n) is 6.50. The third kappa shape index (κ3) is 3.78. The third-order valence-electron chi connectivity index (χ3n) is 4.75. The predicted octanol–water partition coefficient (Wildman–Crippen LogP) is 5.46. The van der Waals surface area contributed by atoms with Crippen LogP contribution < -0.4 is 14.4 Å². The van der Waals surface area contributed by atoms with Gasteiger partial charge in [0.2, 0.25) is 0 Å². The molecule has 0 atom stereocenters. The third-order valence-corrected chi connectivity index (χ3v) is 5.71. The number of aromatic nitrogens is 2. The van der Waals surface area contributed by atoms with Gasteiger partial charge in [0.15, 0.2) is 0 Å². The molecule has 1 aliphatic heterocycles. The van der Waals surface area contributed by atoms with E-state index in [9.17, 15) is 0 Å². The summed E-state index contributed by atoms with van der Waals surface area (Å²) in [5.41, 5.74) is 1.11. The SMILES string of the molecule is COc1cc(OC)c(Cl)c(-c2cc3cnc(Cl)cc3c(N3CCCOC3)n2)c1Cl. The molecule has 0 N–H and O–H groups in total. The Bertz CT molecular complexity index is 1040. The van der Waals surface area contributed by atoms with Crippen molar-refractivity contribution < 1.29 is 14.2 Å². The number of anilines is 1. The summed E-state index contributed by atoms with van der Waals surface area (Å²) in [6, 6.07) is 5.32. The topological polar surface area (TPSA) is 56.7 Å². The first-order valence-corrected chi connectivity index (χ1v) is 10.1. The minimum Gasteiger partial charge on any atom is -0.495 e. The molecule has 152 valence electrons. The van der Waals surface area contributed by atoms with Crippen LogP contribution in [0.25, 0.3) is 22.0 Å². The van der Waals surface area contributed by atoms with Crippen LogP contribution in [-0.4, -0.2) is 44.1 Å². The number of halogens is 3. The number of benzene rings is 1. The van der Waals surface area contributed by atoms with Gasteiger partial charge in [-0.05, 0) is 18.6 Å². The number of hydrogen-bond acceptors (Lipinski definition) is 6. The first-order valence-electron chi connectivity index (χ1n) is 8.92. The molecule has 1 fully saturated rings. The molecule has 0 unspecified atom stereocenters. The minimum absolute atomic E-state index is 0.355. The number of hydrogen-bond donors (Lipinski definition) is 0. The van der Waals surface area contributed by atoms with Gasteiger partial charge in [-0.1, -0.05) is 34.8 Å². The molecule has 1 saturated heterocycles. The molecular weight excluding hydrogens is 437 g/mol. The summed E-state index contributed by atoms with van der Waals surface area (Å²) in [4.78, 5) is 11.2. The second kappa shape index (κ2) is 8.40. The largest absolute Gasteiger partial charge is 0.495 e. The van der Waals surface area contributed by atoms with Crippen molar-refractivity contribution in [3.05, 3.63) is 39.6 Å². The highest BCUT2D eigenvalue weighted by Gasteiger charge is 2.23. The van der Waals surface area contributed by atoms with Crippen molar-refractivity contribution in [2.75, 3.05) is 39.0 Å². The molecule has 0 saturated carbocycles. The van der Waals surface area contributed by atoms with E-state index in [1.165, 1.54) is 14.2 Å². The van der Waals surface area contributed by atoms with Crippen LogP contribution >= 0.6 is 34.8 Å². The Morgan fingerprint density at radius 2 is 1.76 bits per heavy atom. The van der Waals surface area contributed by atoms with Gasteiger partial charge in [-0.25, -0.2) is 9.97 Å². The van der Waals surface area contributed by atoms with Crippen molar-refractivity contribution in [3.8, 4) is 22.8 Å². The quantitative estimate of drug-likeness (QED) is 0.488. The van der Waals surface area contributed by atoms with Crippen molar-refractivity contribution in [2.45, 2.75) is 6.42 Å². The van der Waals surface area contributed by atoms with Crippen LogP contribution in [0.15, 0.2) is 24.4 Å². The summed E-state index contributed by atoms with van der Waals surface area (Å²) in [5.74, 6) is 1.62. The van der Waals surface area contributed by atoms with Gasteiger partial charge in [0, 0.05) is 35.1 Å². The molecule has 0 amide bonds. The molecule has 29 heavy (non-hydrogen) atoms. The number of rotatable bonds is 4. The highest BCUT2D eigenvalue weighted by Crippen LogP contribution is 2.46. The fourth-order valence-corrected chi connectivity index (χ4v) is 4.20. The van der Waals surface area contributed by atoms with Crippen LogP contribution in [0.5, 0.6) is 11.5 Å². The molecular formula is C20H18Cl3N3O3. The number of fused-ring (bicyclic) bond motifs is 1. The van der Waals surface area contributed by atoms with E-state index in [-0.39, 0.29) is 0 Å². The molecule has 0 bridgehead atoms. The first kappa shape index (κ1) is 20.3. The Kier molecular flexibility index (Phi) is 5.88. The maximum absolute atomic E-state index is 6.61. The summed E-state index contributed by atoms with van der Waals surface area (Å²) in [6.45, 7) is 1.98. The molecule has 9 heteroatoms. The first-order chi connectivity index (χ1) is 14.0. The normalized spacial score (nSPS) is 14.3. The minimum atomic E-state index is 0.355. The van der Waals surface area contributed by atoms with Gasteiger partial charge in [-0.2, -0.15) is 0 Å². The van der Waals surface area contributed by atoms with E-state index < -0.39 is 0 Å². The Balaban J connectivity index is 1.99. The van der Waals surface area contributed by atoms with Crippen LogP contribution in [-0.2, 0) is 4.74 Å². The van der Waals surface area contributed by atoms with E-state index in [2.05, 4.69) is 9.88 Å². The van der Waals surface area contributed by atoms with E-state index in [4.69, 9.17) is 54.0 Å². The van der Waals surface area contributed by atoms with Crippen LogP contribution in [0.3, 0.4) is 0 Å². The Morgan fingerprint density at radius 3 is 2.38 bits per heavy atom. The Labute approximate surface area is 183 Å². The molecule has 0 spiro atoms. The van der Waals surface area contributed by atoms with Gasteiger partial charge in [0.1, 0.15) is 29.2 Å². The number of ether oxygens (including phenoxy) is 3. The van der Waals surface area contributed by atoms with Crippen molar-refractivity contribution in [1.82, 2.24) is 9.97 Å². The molecule has 1 aliphatic rings. The predicted molar refractivity (Wildman–Crippen MR) is 116 cm³/mol. The second-order valence-corrected chi connectivity index (χ2v) is 7.64. The highest BCUT2D eigenvalue weighted by molar-refractivity contribution is 6.41. The highest BCUT2D eigenvalue weighted by atomic mass is 35.5. The summed E-state index contributed by atoms with van der Waals surface area (Å²) in [5, 5.41) is 2.83. The molecule has 0 aliphatic carbocycles. The standard InChI is InChI=1S/C20H18Cl3N3O3/c1-27-14-8-15(28-2)19(23)17(18(14)22)13-6-11-9-24-16(21)7-12(11)20(25-13)26-4-3-5-29-10-26/h6-9H,3-5,10H2,1-2H3. The van der Waals surface area contributed by atoms with E-state index in [1.807, 2.05) is 6.07 Å². The van der Waals surface area contributed by atoms with E-state index in [1.54, 1.807) is 18.3 Å². The lowest BCUT2D eigenvalue weighted by Crippen LogP contribution is -2.33. The van der Waals surface area contributed by atoms with Crippen LogP contribution in [0.4, 0.5) is 5.82 Å². The summed E-state index contributed by atoms with van der Waals surface area (Å²) in [6.07, 6.45) is 2.61. The van der Waals surface area contributed by atoms with E-state index >= 15 is 0 Å². The zero-order chi connectivity index (χ0) is 20.5. The average molecular weight is 455 g/mol. The Hall–Kier alpha value is -1.99. The van der Waals surface area contributed by atoms with Crippen LogP contribution in [0, 0.1) is 0 Å². The van der Waals surface area contributed by atoms with Crippen LogP contribution in [0.2, 0.25) is 15.2 Å². The molecule has 3 heterocycles. The zero-order valence-corrected chi connectivity index (χ0v) is 18.1. The van der Waals surface area contributed by atoms with E-state index in [0.29, 0.717) is 44.7 Å². The van der Waals surface area contributed by atoms with Gasteiger partial charge in [0.05, 0.1) is 36.6 Å². The fraction of sp³-hybridized carbons (Fsp3) is 0.300. The average Bonchev–Trinajstić information content (AvgIpc) is 2.74. The van der Waals surface area contributed by atoms with Gasteiger partial charge >= 0.3 is 0 Å². The number of nitrogens with zero attached hydrogens (tertiary/aromatic N) is 3. The summed E-state index contributed by atoms with van der Waals surface area (Å²) in [7, 11) is 3.07. The van der Waals surface area contributed by atoms with Crippen molar-refractivity contribution in [2.24, 2.45) is 0 Å². The lowest BCUT2D eigenvalue weighted by Gasteiger charge is -2.29. The monoisotopic (exact) mass is 453 g/mol. The molecule has 6 nitrogen and oxygen atoms in total. The molecule has 4 rings (SSSR count). The molecule has 2 aromatic heterocycles. The van der Waals surface area contributed by atoms with Crippen molar-refractivity contribution >= 4 is 51.4 Å². The number of pyridine rings is 2. The van der Waals surface area contributed by atoms with Crippen molar-refractivity contribution in [1.29, 1.82) is 0 Å². The molecule has 3 aromatic rings. The van der Waals surface area contributed by atoms with Gasteiger partial charge < -0.3 is 19.1 Å². The molecule has 0 radical (unpaired) electrons. The fourth-order valence-electron chi connectivity index (χ4n) is 3.35. The maximum Gasteiger partial charge on any atom is 0.141 e. The van der Waals surface area contributed by atoms with Crippen molar-refractivity contribution in [3.63, 3.8) is 0 Å². The maximum atomic E-state index is 6.61. The summed E-state index contributed by atoms with van der Waals surface area (Å²) < 4.78 is 16.4. The lowest BCUT2D eigenvalue weighted by atomic mass is 10.1. The Morgan fingerprint density at radius 1 is 1.03 bits per heavy atom. The smallest absolute Gasteiger partial charge is 0.141 e. The van der Waals surface area contributed by atoms with Gasteiger partial charge in [0.25, 0.3) is 0 Å². The van der Waals surface area contributed by atoms with E-state index in [0.717, 1.165) is 36.2 Å². The van der Waals surface area contributed by atoms with Crippen LogP contribution in [0.1, 0.15) is 6.42 Å². The lowest BCUT2D eigenvalue weighted by molar-refractivity contribution is 0.107. The van der Waals surface area contributed by atoms with Gasteiger partial charge in [-0.15, -0.1) is 0 Å². The van der Waals surface area contributed by atoms with Gasteiger partial charge in [-0.3, -0.25) is 0 Å². The zero-order valence-electron chi connectivity index (χ0n) is 15.8. The number of methoxy groups -OCH3 is 2.